The quantitative estimate of drug-likeness (QED) is 0.136. The van der Waals surface area contributed by atoms with Crippen molar-refractivity contribution in [2.45, 2.75) is 36.9 Å². The van der Waals surface area contributed by atoms with Gasteiger partial charge in [0.25, 0.3) is 6.47 Å². The normalized spacial score (nSPS) is 19.3. The highest BCUT2D eigenvalue weighted by atomic mass is 16.6. The first-order valence-electron chi connectivity index (χ1n) is 15.2. The lowest BCUT2D eigenvalue weighted by atomic mass is 9.91. The Morgan fingerprint density at radius 1 is 1.04 bits per heavy atom. The van der Waals surface area contributed by atoms with E-state index in [0.29, 0.717) is 48.3 Å². The van der Waals surface area contributed by atoms with Crippen LogP contribution in [0.1, 0.15) is 40.9 Å². The Labute approximate surface area is 269 Å². The van der Waals surface area contributed by atoms with Crippen LogP contribution in [0.4, 0.5) is 11.8 Å². The first-order chi connectivity index (χ1) is 23.1. The predicted octanol–water partition coefficient (Wildman–Crippen LogP) is 2.75. The van der Waals surface area contributed by atoms with Gasteiger partial charge in [0.1, 0.15) is 12.4 Å². The molecular formula is C32H33N11O4. The van der Waals surface area contributed by atoms with E-state index in [4.69, 9.17) is 19.4 Å². The highest BCUT2D eigenvalue weighted by molar-refractivity contribution is 5.84. The maximum atomic E-state index is 11.4. The van der Waals surface area contributed by atoms with Crippen molar-refractivity contribution >= 4 is 29.4 Å². The number of aromatic nitrogens is 9. The second kappa shape index (κ2) is 13.4. The summed E-state index contributed by atoms with van der Waals surface area (Å²) in [6.45, 7) is 1.32. The zero-order chi connectivity index (χ0) is 32.2. The third kappa shape index (κ3) is 6.25. The Morgan fingerprint density at radius 3 is 2.47 bits per heavy atom. The minimum absolute atomic E-state index is 0.0222. The number of anilines is 2. The van der Waals surface area contributed by atoms with E-state index >= 15 is 0 Å². The number of carbonyl (C=O) groups is 1. The van der Waals surface area contributed by atoms with Gasteiger partial charge in [-0.15, -0.1) is 10.2 Å². The third-order valence-corrected chi connectivity index (χ3v) is 8.13. The molecule has 6 aromatic rings. The molecule has 4 aromatic heterocycles. The number of imidazole rings is 2. The summed E-state index contributed by atoms with van der Waals surface area (Å²) in [5.41, 5.74) is 4.12. The number of benzene rings is 2. The zero-order valence-electron chi connectivity index (χ0n) is 25.4. The summed E-state index contributed by atoms with van der Waals surface area (Å²) in [7, 11) is 1.93. The molecule has 47 heavy (non-hydrogen) atoms. The number of rotatable bonds is 13. The van der Waals surface area contributed by atoms with Crippen molar-refractivity contribution in [3.63, 3.8) is 0 Å². The van der Waals surface area contributed by atoms with Crippen LogP contribution >= 0.6 is 0 Å². The Balaban J connectivity index is 1.23. The summed E-state index contributed by atoms with van der Waals surface area (Å²) < 4.78 is 15.0. The van der Waals surface area contributed by atoms with Gasteiger partial charge in [-0.1, -0.05) is 60.7 Å². The molecule has 4 atom stereocenters. The van der Waals surface area contributed by atoms with E-state index in [1.807, 2.05) is 54.2 Å². The number of hydrogen-bond acceptors (Lipinski definition) is 12. The molecule has 0 saturated carbocycles. The molecule has 0 aliphatic carbocycles. The first-order valence-corrected chi connectivity index (χ1v) is 15.2. The maximum absolute atomic E-state index is 11.4. The van der Waals surface area contributed by atoms with Crippen LogP contribution in [0.2, 0.25) is 0 Å². The van der Waals surface area contributed by atoms with Crippen molar-refractivity contribution in [1.29, 1.82) is 0 Å². The summed E-state index contributed by atoms with van der Waals surface area (Å²) in [5.74, 6) is 1.19. The van der Waals surface area contributed by atoms with Gasteiger partial charge in [0.15, 0.2) is 41.2 Å². The molecule has 0 radical (unpaired) electrons. The predicted molar refractivity (Wildman–Crippen MR) is 170 cm³/mol. The number of H-pyrrole nitrogens is 1. The molecule has 1 aliphatic rings. The van der Waals surface area contributed by atoms with Crippen LogP contribution in [0.3, 0.4) is 0 Å². The second-order valence-corrected chi connectivity index (χ2v) is 11.2. The second-order valence-electron chi connectivity index (χ2n) is 11.2. The van der Waals surface area contributed by atoms with Crippen LogP contribution in [0.25, 0.3) is 11.2 Å². The van der Waals surface area contributed by atoms with Gasteiger partial charge >= 0.3 is 0 Å². The topological polar surface area (TPSA) is 183 Å². The lowest BCUT2D eigenvalue weighted by Gasteiger charge is -2.20. The van der Waals surface area contributed by atoms with Gasteiger partial charge < -0.3 is 34.8 Å². The minimum Gasteiger partial charge on any atom is -0.458 e. The van der Waals surface area contributed by atoms with Crippen molar-refractivity contribution in [2.75, 3.05) is 23.7 Å². The molecule has 7 rings (SSSR count). The van der Waals surface area contributed by atoms with Crippen molar-refractivity contribution in [3.8, 4) is 0 Å². The number of carbonyl (C=O) groups excluding carboxylic acids is 1. The molecule has 15 nitrogen and oxygen atoms in total. The Morgan fingerprint density at radius 2 is 1.81 bits per heavy atom. The zero-order valence-corrected chi connectivity index (χ0v) is 25.4. The van der Waals surface area contributed by atoms with Crippen LogP contribution < -0.4 is 10.6 Å². The molecule has 0 spiro atoms. The molecule has 4 N–H and O–H groups in total. The van der Waals surface area contributed by atoms with Gasteiger partial charge in [-0.2, -0.15) is 9.97 Å². The molecule has 15 heteroatoms. The lowest BCUT2D eigenvalue weighted by Crippen LogP contribution is -2.31. The number of hydrogen-bond donors (Lipinski definition) is 4. The highest BCUT2D eigenvalue weighted by Crippen LogP contribution is 2.40. The van der Waals surface area contributed by atoms with Crippen LogP contribution in [0.5, 0.6) is 0 Å². The van der Waals surface area contributed by atoms with E-state index in [9.17, 15) is 9.90 Å². The van der Waals surface area contributed by atoms with Gasteiger partial charge in [0, 0.05) is 38.7 Å². The van der Waals surface area contributed by atoms with Crippen molar-refractivity contribution in [1.82, 2.24) is 44.3 Å². The molecule has 1 saturated heterocycles. The standard InChI is InChI=1S/C32H33N11O4/c1-42-15-22(36-17-42)12-13-33-32-39-28(34-14-23(20-8-4-2-5-9-20)21-10-6-3-7-11-21)24-30(40-32)43(18-37-24)31-25(45)26(46-19-44)27(47-31)29-35-16-38-41-29/h2-11,15-19,23,25-27,31,45H,12-14H2,1H3,(H,35,38,41)(H2,33,34,39,40)/t25-,26+,27+,31-/m1/s1. The first kappa shape index (κ1) is 30.0. The van der Waals surface area contributed by atoms with E-state index < -0.39 is 24.5 Å². The molecular weight excluding hydrogens is 602 g/mol. The Bertz CT molecular complexity index is 1870. The number of nitrogens with zero attached hydrogens (tertiary/aromatic N) is 8. The lowest BCUT2D eigenvalue weighted by molar-refractivity contribution is -0.140. The molecule has 0 amide bonds. The van der Waals surface area contributed by atoms with E-state index in [1.54, 1.807) is 10.9 Å². The molecule has 5 heterocycles. The fourth-order valence-electron chi connectivity index (χ4n) is 5.87. The van der Waals surface area contributed by atoms with Gasteiger partial charge in [-0.3, -0.25) is 9.36 Å². The molecule has 2 aromatic carbocycles. The number of nitrogens with one attached hydrogen (secondary N) is 3. The minimum atomic E-state index is -1.26. The van der Waals surface area contributed by atoms with Gasteiger partial charge in [-0.05, 0) is 11.1 Å². The molecule has 1 fully saturated rings. The number of aliphatic hydroxyl groups is 1. The van der Waals surface area contributed by atoms with Gasteiger partial charge in [0.05, 0.1) is 18.3 Å². The average Bonchev–Trinajstić information content (AvgIpc) is 3.91. The maximum Gasteiger partial charge on any atom is 0.293 e. The fourth-order valence-corrected chi connectivity index (χ4v) is 5.87. The van der Waals surface area contributed by atoms with Crippen LogP contribution in [-0.2, 0) is 27.7 Å². The number of aryl methyl sites for hydroxylation is 1. The third-order valence-electron chi connectivity index (χ3n) is 8.13. The summed E-state index contributed by atoms with van der Waals surface area (Å²) in [6, 6.07) is 20.5. The summed E-state index contributed by atoms with van der Waals surface area (Å²) >= 11 is 0. The number of aromatic amines is 1. The molecule has 240 valence electrons. The highest BCUT2D eigenvalue weighted by Gasteiger charge is 2.49. The fraction of sp³-hybridized carbons (Fsp3) is 0.281. The largest absolute Gasteiger partial charge is 0.458 e. The van der Waals surface area contributed by atoms with Crippen LogP contribution in [0, 0.1) is 0 Å². The van der Waals surface area contributed by atoms with E-state index in [2.05, 4.69) is 60.0 Å². The Hall–Kier alpha value is -5.67. The molecule has 0 bridgehead atoms. The van der Waals surface area contributed by atoms with Crippen LogP contribution in [-0.4, -0.2) is 81.1 Å². The van der Waals surface area contributed by atoms with E-state index in [1.165, 1.54) is 12.7 Å². The average molecular weight is 636 g/mol. The molecule has 0 unspecified atom stereocenters. The molecule has 1 aliphatic heterocycles. The summed E-state index contributed by atoms with van der Waals surface area (Å²) in [4.78, 5) is 32.9. The Kier molecular flexibility index (Phi) is 8.53. The smallest absolute Gasteiger partial charge is 0.293 e. The SMILES string of the molecule is Cn1cnc(CCNc2nc(NCC(c3ccccc3)c3ccccc3)c3ncn([C@@H]4O[C@H](c5nnc[nH]5)[C@@H](OC=O)[C@H]4O)c3n2)c1. The monoisotopic (exact) mass is 635 g/mol. The van der Waals surface area contributed by atoms with Crippen molar-refractivity contribution < 1.29 is 19.4 Å². The van der Waals surface area contributed by atoms with Gasteiger partial charge in [-0.25, -0.2) is 9.97 Å². The van der Waals surface area contributed by atoms with Crippen LogP contribution in [0.15, 0.2) is 85.8 Å². The van der Waals surface area contributed by atoms with Crippen molar-refractivity contribution in [3.05, 3.63) is 108 Å². The summed E-state index contributed by atoms with van der Waals surface area (Å²) in [6.07, 6.45) is 3.08. The van der Waals surface area contributed by atoms with E-state index in [0.717, 1.165) is 16.8 Å². The number of ether oxygens (including phenoxy) is 2. The van der Waals surface area contributed by atoms with E-state index in [-0.39, 0.29) is 12.4 Å². The van der Waals surface area contributed by atoms with Gasteiger partial charge in [0.2, 0.25) is 5.95 Å². The summed E-state index contributed by atoms with van der Waals surface area (Å²) in [5, 5.41) is 26.0. The number of fused-ring (bicyclic) bond motifs is 1. The van der Waals surface area contributed by atoms with Crippen molar-refractivity contribution in [2.24, 2.45) is 7.05 Å². The number of aliphatic hydroxyl groups excluding tert-OH is 1.